The number of nitriles is 1. The second-order valence-corrected chi connectivity index (χ2v) is 4.57. The minimum atomic E-state index is 0.590. The Kier molecular flexibility index (Phi) is 6.56. The SMILES string of the molecule is CCCN(CC)CCNc1ccc(C#N)cc1Cl. The summed E-state index contributed by atoms with van der Waals surface area (Å²) in [6.07, 6.45) is 1.17. The van der Waals surface area contributed by atoms with Gasteiger partial charge in [-0.15, -0.1) is 0 Å². The molecule has 0 aliphatic rings. The highest BCUT2D eigenvalue weighted by molar-refractivity contribution is 6.33. The van der Waals surface area contributed by atoms with Crippen molar-refractivity contribution < 1.29 is 0 Å². The van der Waals surface area contributed by atoms with E-state index >= 15 is 0 Å². The van der Waals surface area contributed by atoms with E-state index in [0.717, 1.165) is 31.9 Å². The molecular weight excluding hydrogens is 246 g/mol. The molecule has 0 unspecified atom stereocenters. The fraction of sp³-hybridized carbons (Fsp3) is 0.500. The van der Waals surface area contributed by atoms with E-state index in [4.69, 9.17) is 16.9 Å². The highest BCUT2D eigenvalue weighted by Crippen LogP contribution is 2.22. The van der Waals surface area contributed by atoms with Crippen LogP contribution in [0.25, 0.3) is 0 Å². The van der Waals surface area contributed by atoms with Gasteiger partial charge >= 0.3 is 0 Å². The van der Waals surface area contributed by atoms with Gasteiger partial charge in [0.2, 0.25) is 0 Å². The van der Waals surface area contributed by atoms with Crippen LogP contribution < -0.4 is 5.32 Å². The zero-order valence-corrected chi connectivity index (χ0v) is 11.8. The fourth-order valence-corrected chi connectivity index (χ4v) is 2.07. The van der Waals surface area contributed by atoms with Gasteiger partial charge in [-0.25, -0.2) is 0 Å². The Bertz CT molecular complexity index is 412. The van der Waals surface area contributed by atoms with E-state index in [1.165, 1.54) is 6.42 Å². The van der Waals surface area contributed by atoms with Crippen molar-refractivity contribution in [2.75, 3.05) is 31.5 Å². The second kappa shape index (κ2) is 7.97. The molecule has 0 atom stereocenters. The average Bonchev–Trinajstić information content (AvgIpc) is 2.39. The number of benzene rings is 1. The first-order chi connectivity index (χ1) is 8.71. The summed E-state index contributed by atoms with van der Waals surface area (Å²) in [6, 6.07) is 7.40. The van der Waals surface area contributed by atoms with Crippen molar-refractivity contribution in [2.24, 2.45) is 0 Å². The molecule has 1 aromatic carbocycles. The third-order valence-electron chi connectivity index (χ3n) is 2.83. The van der Waals surface area contributed by atoms with Crippen molar-refractivity contribution in [2.45, 2.75) is 20.3 Å². The molecule has 0 saturated carbocycles. The Balaban J connectivity index is 2.46. The van der Waals surface area contributed by atoms with E-state index in [-0.39, 0.29) is 0 Å². The fourth-order valence-electron chi connectivity index (χ4n) is 1.82. The highest BCUT2D eigenvalue weighted by atomic mass is 35.5. The van der Waals surface area contributed by atoms with Crippen LogP contribution in [0.2, 0.25) is 5.02 Å². The molecule has 0 amide bonds. The summed E-state index contributed by atoms with van der Waals surface area (Å²) < 4.78 is 0. The topological polar surface area (TPSA) is 39.1 Å². The highest BCUT2D eigenvalue weighted by Gasteiger charge is 2.03. The van der Waals surface area contributed by atoms with E-state index in [2.05, 4.69) is 30.1 Å². The maximum atomic E-state index is 8.76. The second-order valence-electron chi connectivity index (χ2n) is 4.17. The van der Waals surface area contributed by atoms with Gasteiger partial charge in [0.25, 0.3) is 0 Å². The van der Waals surface area contributed by atoms with Crippen LogP contribution in [0.4, 0.5) is 5.69 Å². The van der Waals surface area contributed by atoms with Gasteiger partial charge in [-0.05, 0) is 37.7 Å². The molecule has 0 aromatic heterocycles. The molecule has 0 bridgehead atoms. The first kappa shape index (κ1) is 14.8. The molecule has 3 nitrogen and oxygen atoms in total. The molecule has 0 spiro atoms. The maximum Gasteiger partial charge on any atom is 0.0992 e. The molecule has 1 N–H and O–H groups in total. The zero-order chi connectivity index (χ0) is 13.4. The van der Waals surface area contributed by atoms with Crippen LogP contribution in [0, 0.1) is 11.3 Å². The van der Waals surface area contributed by atoms with Gasteiger partial charge in [-0.3, -0.25) is 0 Å². The number of anilines is 1. The summed E-state index contributed by atoms with van der Waals surface area (Å²) in [6.45, 7) is 8.41. The molecule has 0 aliphatic heterocycles. The van der Waals surface area contributed by atoms with Gasteiger partial charge in [0.1, 0.15) is 0 Å². The number of halogens is 1. The average molecular weight is 266 g/mol. The van der Waals surface area contributed by atoms with Crippen LogP contribution in [0.3, 0.4) is 0 Å². The number of rotatable bonds is 7. The van der Waals surface area contributed by atoms with Crippen LogP contribution in [-0.2, 0) is 0 Å². The van der Waals surface area contributed by atoms with E-state index in [9.17, 15) is 0 Å². The van der Waals surface area contributed by atoms with Crippen molar-refractivity contribution in [3.8, 4) is 6.07 Å². The Morgan fingerprint density at radius 1 is 1.33 bits per heavy atom. The van der Waals surface area contributed by atoms with Crippen molar-refractivity contribution in [1.82, 2.24) is 4.90 Å². The van der Waals surface area contributed by atoms with E-state index in [0.29, 0.717) is 10.6 Å². The largest absolute Gasteiger partial charge is 0.383 e. The molecule has 0 heterocycles. The molecule has 0 saturated heterocycles. The molecule has 18 heavy (non-hydrogen) atoms. The third-order valence-corrected chi connectivity index (χ3v) is 3.14. The number of nitrogens with one attached hydrogen (secondary N) is 1. The summed E-state index contributed by atoms with van der Waals surface area (Å²) in [5.74, 6) is 0. The standard InChI is InChI=1S/C14H20ClN3/c1-3-8-18(4-2)9-7-17-14-6-5-12(11-16)10-13(14)15/h5-6,10,17H,3-4,7-9H2,1-2H3. The van der Waals surface area contributed by atoms with Crippen molar-refractivity contribution in [3.63, 3.8) is 0 Å². The Labute approximate surface area is 114 Å². The predicted octanol–water partition coefficient (Wildman–Crippen LogP) is 3.36. The van der Waals surface area contributed by atoms with Crippen LogP contribution in [0.15, 0.2) is 18.2 Å². The lowest BCUT2D eigenvalue weighted by molar-refractivity contribution is 0.300. The van der Waals surface area contributed by atoms with Gasteiger partial charge < -0.3 is 10.2 Å². The molecular formula is C14H20ClN3. The lowest BCUT2D eigenvalue weighted by Crippen LogP contribution is -2.29. The summed E-state index contributed by atoms with van der Waals surface area (Å²) in [7, 11) is 0. The van der Waals surface area contributed by atoms with Gasteiger partial charge in [0.15, 0.2) is 0 Å². The lowest BCUT2D eigenvalue weighted by Gasteiger charge is -2.20. The first-order valence-corrected chi connectivity index (χ1v) is 6.75. The summed E-state index contributed by atoms with van der Waals surface area (Å²) in [5, 5.41) is 12.7. The van der Waals surface area contributed by atoms with E-state index < -0.39 is 0 Å². The molecule has 0 fully saturated rings. The van der Waals surface area contributed by atoms with Gasteiger partial charge in [0, 0.05) is 13.1 Å². The van der Waals surface area contributed by atoms with Crippen LogP contribution in [-0.4, -0.2) is 31.1 Å². The first-order valence-electron chi connectivity index (χ1n) is 6.37. The maximum absolute atomic E-state index is 8.76. The third kappa shape index (κ3) is 4.56. The normalized spacial score (nSPS) is 10.4. The van der Waals surface area contributed by atoms with Gasteiger partial charge in [-0.1, -0.05) is 25.4 Å². The predicted molar refractivity (Wildman–Crippen MR) is 77.1 cm³/mol. The van der Waals surface area contributed by atoms with Gasteiger partial charge in [0.05, 0.1) is 22.3 Å². The van der Waals surface area contributed by atoms with Crippen molar-refractivity contribution in [3.05, 3.63) is 28.8 Å². The van der Waals surface area contributed by atoms with Crippen LogP contribution in [0.1, 0.15) is 25.8 Å². The monoisotopic (exact) mass is 265 g/mol. The molecule has 0 aliphatic carbocycles. The summed E-state index contributed by atoms with van der Waals surface area (Å²) in [5.41, 5.74) is 1.48. The van der Waals surface area contributed by atoms with Crippen molar-refractivity contribution >= 4 is 17.3 Å². The Hall–Kier alpha value is -1.24. The summed E-state index contributed by atoms with van der Waals surface area (Å²) >= 11 is 6.09. The number of hydrogen-bond donors (Lipinski definition) is 1. The minimum Gasteiger partial charge on any atom is -0.383 e. The number of likely N-dealkylation sites (N-methyl/N-ethyl adjacent to an activating group) is 1. The van der Waals surface area contributed by atoms with Gasteiger partial charge in [-0.2, -0.15) is 5.26 Å². The number of nitrogens with zero attached hydrogens (tertiary/aromatic N) is 2. The van der Waals surface area contributed by atoms with Crippen LogP contribution >= 0.6 is 11.6 Å². The Morgan fingerprint density at radius 3 is 2.67 bits per heavy atom. The molecule has 4 heteroatoms. The minimum absolute atomic E-state index is 0.590. The van der Waals surface area contributed by atoms with E-state index in [1.807, 2.05) is 6.07 Å². The van der Waals surface area contributed by atoms with Crippen molar-refractivity contribution in [1.29, 1.82) is 5.26 Å². The zero-order valence-electron chi connectivity index (χ0n) is 11.0. The quantitative estimate of drug-likeness (QED) is 0.822. The van der Waals surface area contributed by atoms with Crippen LogP contribution in [0.5, 0.6) is 0 Å². The lowest BCUT2D eigenvalue weighted by atomic mass is 10.2. The molecule has 0 radical (unpaired) electrons. The Morgan fingerprint density at radius 2 is 2.11 bits per heavy atom. The molecule has 98 valence electrons. The summed E-state index contributed by atoms with van der Waals surface area (Å²) in [4.78, 5) is 2.39. The molecule has 1 rings (SSSR count). The smallest absolute Gasteiger partial charge is 0.0992 e. The van der Waals surface area contributed by atoms with E-state index in [1.54, 1.807) is 12.1 Å². The molecule has 1 aromatic rings. The number of hydrogen-bond acceptors (Lipinski definition) is 3.